The van der Waals surface area contributed by atoms with Crippen molar-refractivity contribution in [2.24, 2.45) is 0 Å². The molecule has 0 amide bonds. The van der Waals surface area contributed by atoms with E-state index in [1.807, 2.05) is 13.8 Å². The highest BCUT2D eigenvalue weighted by molar-refractivity contribution is 6.29. The Kier molecular flexibility index (Phi) is 3.77. The molecule has 0 radical (unpaired) electrons. The van der Waals surface area contributed by atoms with E-state index in [9.17, 15) is 4.39 Å². The molecule has 2 rings (SSSR count). The van der Waals surface area contributed by atoms with Crippen molar-refractivity contribution in [3.05, 3.63) is 46.6 Å². The van der Waals surface area contributed by atoms with E-state index in [1.54, 1.807) is 12.1 Å². The van der Waals surface area contributed by atoms with Crippen molar-refractivity contribution in [1.29, 1.82) is 0 Å². The van der Waals surface area contributed by atoms with Gasteiger partial charge in [-0.05, 0) is 30.7 Å². The molecule has 94 valence electrons. The molecule has 1 heterocycles. The van der Waals surface area contributed by atoms with E-state index < -0.39 is 0 Å². The van der Waals surface area contributed by atoms with Crippen LogP contribution >= 0.6 is 11.6 Å². The van der Waals surface area contributed by atoms with Crippen molar-refractivity contribution < 1.29 is 4.39 Å². The summed E-state index contributed by atoms with van der Waals surface area (Å²) in [5.74, 6) is 1.03. The summed E-state index contributed by atoms with van der Waals surface area (Å²) < 4.78 is 13.0. The third-order valence-electron chi connectivity index (χ3n) is 2.51. The zero-order valence-electron chi connectivity index (χ0n) is 10.2. The van der Waals surface area contributed by atoms with Gasteiger partial charge in [0.05, 0.1) is 0 Å². The topological polar surface area (TPSA) is 37.8 Å². The second-order valence-corrected chi connectivity index (χ2v) is 4.32. The molecule has 0 aliphatic carbocycles. The molecule has 0 saturated heterocycles. The standard InChI is InChI=1S/C13H13ClFN3/c1-3-12-17-11(14)7-13(18-12)16-10-5-4-9(15)6-8(10)2/h4-7H,3H2,1-2H3,(H,16,17,18). The molecule has 0 spiro atoms. The molecule has 0 aliphatic heterocycles. The normalized spacial score (nSPS) is 10.4. The predicted molar refractivity (Wildman–Crippen MR) is 70.8 cm³/mol. The summed E-state index contributed by atoms with van der Waals surface area (Å²) in [6.45, 7) is 3.79. The van der Waals surface area contributed by atoms with Gasteiger partial charge in [-0.25, -0.2) is 14.4 Å². The summed E-state index contributed by atoms with van der Waals surface area (Å²) in [5, 5.41) is 3.51. The maximum absolute atomic E-state index is 13.0. The van der Waals surface area contributed by atoms with E-state index in [4.69, 9.17) is 11.6 Å². The molecule has 0 aliphatic rings. The quantitative estimate of drug-likeness (QED) is 0.856. The first-order chi connectivity index (χ1) is 8.58. The van der Waals surface area contributed by atoms with Gasteiger partial charge in [0.2, 0.25) is 0 Å². The van der Waals surface area contributed by atoms with E-state index in [0.29, 0.717) is 23.2 Å². The smallest absolute Gasteiger partial charge is 0.135 e. The number of anilines is 2. The lowest BCUT2D eigenvalue weighted by Crippen LogP contribution is -2.00. The number of nitrogens with zero attached hydrogens (tertiary/aromatic N) is 2. The van der Waals surface area contributed by atoms with Gasteiger partial charge < -0.3 is 5.32 Å². The molecule has 0 atom stereocenters. The number of nitrogens with one attached hydrogen (secondary N) is 1. The van der Waals surface area contributed by atoms with Crippen LogP contribution in [0.5, 0.6) is 0 Å². The summed E-state index contributed by atoms with van der Waals surface area (Å²) in [4.78, 5) is 8.40. The first-order valence-electron chi connectivity index (χ1n) is 5.65. The number of hydrogen-bond acceptors (Lipinski definition) is 3. The molecule has 2 aromatic rings. The summed E-state index contributed by atoms with van der Waals surface area (Å²) >= 11 is 5.91. The third kappa shape index (κ3) is 2.96. The van der Waals surface area contributed by atoms with Crippen molar-refractivity contribution in [3.8, 4) is 0 Å². The predicted octanol–water partition coefficient (Wildman–Crippen LogP) is 3.88. The lowest BCUT2D eigenvalue weighted by molar-refractivity contribution is 0.627. The van der Waals surface area contributed by atoms with Gasteiger partial charge >= 0.3 is 0 Å². The van der Waals surface area contributed by atoms with Gasteiger partial charge in [-0.2, -0.15) is 0 Å². The number of aromatic nitrogens is 2. The van der Waals surface area contributed by atoms with Gasteiger partial charge in [-0.1, -0.05) is 18.5 Å². The molecule has 0 unspecified atom stereocenters. The van der Waals surface area contributed by atoms with Crippen LogP contribution in [0, 0.1) is 12.7 Å². The van der Waals surface area contributed by atoms with Crippen LogP contribution in [0.4, 0.5) is 15.9 Å². The molecule has 0 bridgehead atoms. The highest BCUT2D eigenvalue weighted by Crippen LogP contribution is 2.21. The Hall–Kier alpha value is -1.68. The van der Waals surface area contributed by atoms with Crippen LogP contribution in [-0.2, 0) is 6.42 Å². The Morgan fingerprint density at radius 2 is 2.06 bits per heavy atom. The van der Waals surface area contributed by atoms with Crippen LogP contribution in [0.1, 0.15) is 18.3 Å². The number of halogens is 2. The SMILES string of the molecule is CCc1nc(Cl)cc(Nc2ccc(F)cc2C)n1. The van der Waals surface area contributed by atoms with Gasteiger partial charge in [0, 0.05) is 18.2 Å². The van der Waals surface area contributed by atoms with Crippen LogP contribution < -0.4 is 5.32 Å². The van der Waals surface area contributed by atoms with Gasteiger partial charge in [0.1, 0.15) is 22.6 Å². The molecule has 1 aromatic carbocycles. The van der Waals surface area contributed by atoms with Gasteiger partial charge in [-0.15, -0.1) is 0 Å². The average molecular weight is 266 g/mol. The Morgan fingerprint density at radius 1 is 1.28 bits per heavy atom. The lowest BCUT2D eigenvalue weighted by Gasteiger charge is -2.09. The van der Waals surface area contributed by atoms with Crippen molar-refractivity contribution in [2.45, 2.75) is 20.3 Å². The highest BCUT2D eigenvalue weighted by atomic mass is 35.5. The van der Waals surface area contributed by atoms with Crippen molar-refractivity contribution in [1.82, 2.24) is 9.97 Å². The van der Waals surface area contributed by atoms with Crippen LogP contribution in [-0.4, -0.2) is 9.97 Å². The number of benzene rings is 1. The molecule has 1 aromatic heterocycles. The molecule has 18 heavy (non-hydrogen) atoms. The molecule has 1 N–H and O–H groups in total. The third-order valence-corrected chi connectivity index (χ3v) is 2.70. The number of rotatable bonds is 3. The van der Waals surface area contributed by atoms with Gasteiger partial charge in [-0.3, -0.25) is 0 Å². The Balaban J connectivity index is 2.30. The summed E-state index contributed by atoms with van der Waals surface area (Å²) in [5.41, 5.74) is 1.61. The Labute approximate surface area is 110 Å². The van der Waals surface area contributed by atoms with Crippen LogP contribution in [0.2, 0.25) is 5.15 Å². The zero-order chi connectivity index (χ0) is 13.1. The van der Waals surface area contributed by atoms with Crippen LogP contribution in [0.25, 0.3) is 0 Å². The van der Waals surface area contributed by atoms with Crippen LogP contribution in [0.3, 0.4) is 0 Å². The fourth-order valence-electron chi connectivity index (χ4n) is 1.59. The minimum atomic E-state index is -0.256. The molecular formula is C13H13ClFN3. The van der Waals surface area contributed by atoms with E-state index in [-0.39, 0.29) is 5.82 Å². The number of hydrogen-bond donors (Lipinski definition) is 1. The second kappa shape index (κ2) is 5.31. The maximum Gasteiger partial charge on any atom is 0.135 e. The van der Waals surface area contributed by atoms with E-state index in [1.165, 1.54) is 12.1 Å². The zero-order valence-corrected chi connectivity index (χ0v) is 10.9. The van der Waals surface area contributed by atoms with Crippen molar-refractivity contribution in [2.75, 3.05) is 5.32 Å². The fourth-order valence-corrected chi connectivity index (χ4v) is 1.79. The van der Waals surface area contributed by atoms with Gasteiger partial charge in [0.25, 0.3) is 0 Å². The van der Waals surface area contributed by atoms with Crippen LogP contribution in [0.15, 0.2) is 24.3 Å². The van der Waals surface area contributed by atoms with Crippen molar-refractivity contribution >= 4 is 23.1 Å². The van der Waals surface area contributed by atoms with E-state index >= 15 is 0 Å². The lowest BCUT2D eigenvalue weighted by atomic mass is 10.2. The van der Waals surface area contributed by atoms with Gasteiger partial charge in [0.15, 0.2) is 0 Å². The molecule has 3 nitrogen and oxygen atoms in total. The first kappa shape index (κ1) is 12.8. The highest BCUT2D eigenvalue weighted by Gasteiger charge is 2.04. The first-order valence-corrected chi connectivity index (χ1v) is 6.03. The summed E-state index contributed by atoms with van der Waals surface area (Å²) in [6, 6.07) is 6.18. The number of aryl methyl sites for hydroxylation is 2. The molecule has 5 heteroatoms. The monoisotopic (exact) mass is 265 g/mol. The molecule has 0 fully saturated rings. The van der Waals surface area contributed by atoms with Crippen molar-refractivity contribution in [3.63, 3.8) is 0 Å². The Morgan fingerprint density at radius 3 is 2.72 bits per heavy atom. The van der Waals surface area contributed by atoms with E-state index in [0.717, 1.165) is 11.3 Å². The maximum atomic E-state index is 13.0. The Bertz CT molecular complexity index is 572. The summed E-state index contributed by atoms with van der Waals surface area (Å²) in [6.07, 6.45) is 0.706. The average Bonchev–Trinajstić information content (AvgIpc) is 2.32. The summed E-state index contributed by atoms with van der Waals surface area (Å²) in [7, 11) is 0. The second-order valence-electron chi connectivity index (χ2n) is 3.93. The minimum Gasteiger partial charge on any atom is -0.340 e. The molecular weight excluding hydrogens is 253 g/mol. The van der Waals surface area contributed by atoms with E-state index in [2.05, 4.69) is 15.3 Å². The molecule has 0 saturated carbocycles. The largest absolute Gasteiger partial charge is 0.340 e. The minimum absolute atomic E-state index is 0.256. The fraction of sp³-hybridized carbons (Fsp3) is 0.231.